The van der Waals surface area contributed by atoms with Crippen LogP contribution in [-0.2, 0) is 21.1 Å². The molecule has 0 radical (unpaired) electrons. The van der Waals surface area contributed by atoms with E-state index in [1.807, 2.05) is 0 Å². The van der Waals surface area contributed by atoms with E-state index in [0.29, 0.717) is 6.29 Å². The number of phenols is 1. The van der Waals surface area contributed by atoms with E-state index in [4.69, 9.17) is 0 Å². The van der Waals surface area contributed by atoms with Gasteiger partial charge in [0, 0.05) is 12.0 Å². The predicted molar refractivity (Wildman–Crippen MR) is 69.7 cm³/mol. The van der Waals surface area contributed by atoms with E-state index in [0.717, 1.165) is 12.1 Å². The van der Waals surface area contributed by atoms with Gasteiger partial charge in [0.05, 0.1) is 9.79 Å². The second-order valence-corrected chi connectivity index (χ2v) is 6.07. The van der Waals surface area contributed by atoms with E-state index >= 15 is 0 Å². The van der Waals surface area contributed by atoms with Crippen LogP contribution in [0.2, 0.25) is 0 Å². The first kappa shape index (κ1) is 14.2. The molecule has 0 aliphatic rings. The number of rotatable bonds is 4. The number of carbonyl (C=O) groups is 1. The van der Waals surface area contributed by atoms with E-state index in [1.54, 1.807) is 0 Å². The standard InChI is InChI=1S/C14H11FO4S/c15-11-2-1-3-12(9-11)20(18,19)13-4-5-14(17)10(8-13)6-7-16/h1-5,7-9,17H,6H2. The molecule has 104 valence electrons. The zero-order chi connectivity index (χ0) is 14.8. The third kappa shape index (κ3) is 2.70. The van der Waals surface area contributed by atoms with Gasteiger partial charge in [-0.3, -0.25) is 0 Å². The third-order valence-corrected chi connectivity index (χ3v) is 4.52. The highest BCUT2D eigenvalue weighted by atomic mass is 32.2. The molecule has 0 heterocycles. The average molecular weight is 294 g/mol. The van der Waals surface area contributed by atoms with Crippen LogP contribution in [0.3, 0.4) is 0 Å². The smallest absolute Gasteiger partial charge is 0.206 e. The van der Waals surface area contributed by atoms with Crippen LogP contribution in [0.4, 0.5) is 4.39 Å². The van der Waals surface area contributed by atoms with Crippen molar-refractivity contribution < 1.29 is 22.7 Å². The van der Waals surface area contributed by atoms with Crippen molar-refractivity contribution in [1.29, 1.82) is 0 Å². The lowest BCUT2D eigenvalue weighted by molar-refractivity contribution is -0.107. The van der Waals surface area contributed by atoms with Crippen LogP contribution in [0.1, 0.15) is 5.56 Å². The molecule has 0 saturated carbocycles. The first-order valence-corrected chi connectivity index (χ1v) is 7.19. The van der Waals surface area contributed by atoms with Crippen molar-refractivity contribution in [1.82, 2.24) is 0 Å². The third-order valence-electron chi connectivity index (χ3n) is 2.77. The molecule has 0 atom stereocenters. The van der Waals surface area contributed by atoms with Crippen LogP contribution in [0.25, 0.3) is 0 Å². The van der Waals surface area contributed by atoms with E-state index in [1.165, 1.54) is 30.3 Å². The van der Waals surface area contributed by atoms with Crippen molar-refractivity contribution >= 4 is 16.1 Å². The maximum absolute atomic E-state index is 13.1. The summed E-state index contributed by atoms with van der Waals surface area (Å²) in [6.45, 7) is 0. The van der Waals surface area contributed by atoms with Crippen LogP contribution in [-0.4, -0.2) is 19.8 Å². The molecule has 1 N–H and O–H groups in total. The topological polar surface area (TPSA) is 71.4 Å². The molecule has 6 heteroatoms. The molecule has 2 rings (SSSR count). The molecule has 4 nitrogen and oxygen atoms in total. The highest BCUT2D eigenvalue weighted by molar-refractivity contribution is 7.91. The van der Waals surface area contributed by atoms with Gasteiger partial charge < -0.3 is 9.90 Å². The molecular formula is C14H11FO4S. The number of halogens is 1. The fourth-order valence-corrected chi connectivity index (χ4v) is 3.09. The Morgan fingerprint density at radius 2 is 1.80 bits per heavy atom. The van der Waals surface area contributed by atoms with Crippen molar-refractivity contribution in [3.63, 3.8) is 0 Å². The van der Waals surface area contributed by atoms with Crippen LogP contribution in [0.5, 0.6) is 5.75 Å². The Hall–Kier alpha value is -2.21. The van der Waals surface area contributed by atoms with E-state index in [9.17, 15) is 22.7 Å². The molecule has 2 aromatic carbocycles. The van der Waals surface area contributed by atoms with Gasteiger partial charge in [-0.1, -0.05) is 6.07 Å². The van der Waals surface area contributed by atoms with Crippen molar-refractivity contribution in [3.8, 4) is 5.75 Å². The molecule has 0 aromatic heterocycles. The van der Waals surface area contributed by atoms with Crippen molar-refractivity contribution in [2.24, 2.45) is 0 Å². The first-order chi connectivity index (χ1) is 9.45. The van der Waals surface area contributed by atoms with Crippen molar-refractivity contribution in [2.45, 2.75) is 16.2 Å². The maximum atomic E-state index is 13.1. The lowest BCUT2D eigenvalue weighted by atomic mass is 10.1. The average Bonchev–Trinajstić information content (AvgIpc) is 2.41. The summed E-state index contributed by atoms with van der Waals surface area (Å²) in [6.07, 6.45) is 0.464. The Balaban J connectivity index is 2.55. The highest BCUT2D eigenvalue weighted by Crippen LogP contribution is 2.26. The molecule has 20 heavy (non-hydrogen) atoms. The van der Waals surface area contributed by atoms with Crippen LogP contribution < -0.4 is 0 Å². The van der Waals surface area contributed by atoms with Crippen LogP contribution >= 0.6 is 0 Å². The maximum Gasteiger partial charge on any atom is 0.206 e. The van der Waals surface area contributed by atoms with Crippen molar-refractivity contribution in [2.75, 3.05) is 0 Å². The Morgan fingerprint density at radius 3 is 2.45 bits per heavy atom. The van der Waals surface area contributed by atoms with Crippen molar-refractivity contribution in [3.05, 3.63) is 53.8 Å². The predicted octanol–water partition coefficient (Wildman–Crippen LogP) is 2.11. The highest BCUT2D eigenvalue weighted by Gasteiger charge is 2.19. The quantitative estimate of drug-likeness (QED) is 0.877. The van der Waals surface area contributed by atoms with Gasteiger partial charge in [0.1, 0.15) is 17.9 Å². The molecule has 0 spiro atoms. The van der Waals surface area contributed by atoms with Gasteiger partial charge in [-0.25, -0.2) is 12.8 Å². The zero-order valence-electron chi connectivity index (χ0n) is 10.3. The molecule has 2 aromatic rings. The molecule has 0 saturated heterocycles. The molecule has 0 bridgehead atoms. The summed E-state index contributed by atoms with van der Waals surface area (Å²) >= 11 is 0. The number of hydrogen-bond donors (Lipinski definition) is 1. The number of carbonyl (C=O) groups excluding carboxylic acids is 1. The van der Waals surface area contributed by atoms with E-state index in [2.05, 4.69) is 0 Å². The zero-order valence-corrected chi connectivity index (χ0v) is 11.1. The number of hydrogen-bond acceptors (Lipinski definition) is 4. The summed E-state index contributed by atoms with van der Waals surface area (Å²) in [5, 5.41) is 9.53. The molecule has 0 aliphatic carbocycles. The second-order valence-electron chi connectivity index (χ2n) is 4.12. The minimum Gasteiger partial charge on any atom is -0.508 e. The summed E-state index contributed by atoms with van der Waals surface area (Å²) in [5.74, 6) is -0.812. The summed E-state index contributed by atoms with van der Waals surface area (Å²) in [4.78, 5) is 10.2. The Bertz CT molecular complexity index is 754. The SMILES string of the molecule is O=CCc1cc(S(=O)(=O)c2cccc(F)c2)ccc1O. The van der Waals surface area contributed by atoms with Crippen LogP contribution in [0.15, 0.2) is 52.3 Å². The van der Waals surface area contributed by atoms with Gasteiger partial charge in [-0.2, -0.15) is 0 Å². The fraction of sp³-hybridized carbons (Fsp3) is 0.0714. The summed E-state index contributed by atoms with van der Waals surface area (Å²) in [6, 6.07) is 8.27. The number of sulfone groups is 1. The second kappa shape index (κ2) is 5.42. The summed E-state index contributed by atoms with van der Waals surface area (Å²) < 4.78 is 37.8. The normalized spacial score (nSPS) is 11.2. The number of aldehydes is 1. The van der Waals surface area contributed by atoms with Crippen LogP contribution in [0, 0.1) is 5.82 Å². The minimum atomic E-state index is -3.89. The largest absolute Gasteiger partial charge is 0.508 e. The van der Waals surface area contributed by atoms with Gasteiger partial charge in [0.25, 0.3) is 0 Å². The van der Waals surface area contributed by atoms with Gasteiger partial charge >= 0.3 is 0 Å². The first-order valence-electron chi connectivity index (χ1n) is 5.71. The lowest BCUT2D eigenvalue weighted by Gasteiger charge is -2.07. The van der Waals surface area contributed by atoms with E-state index in [-0.39, 0.29) is 27.5 Å². The monoisotopic (exact) mass is 294 g/mol. The fourth-order valence-electron chi connectivity index (χ4n) is 1.75. The van der Waals surface area contributed by atoms with Gasteiger partial charge in [0.15, 0.2) is 0 Å². The summed E-state index contributed by atoms with van der Waals surface area (Å²) in [7, 11) is -3.89. The van der Waals surface area contributed by atoms with Gasteiger partial charge in [-0.05, 0) is 36.4 Å². The molecular weight excluding hydrogens is 283 g/mol. The Labute approximate surface area is 115 Å². The lowest BCUT2D eigenvalue weighted by Crippen LogP contribution is -2.03. The van der Waals surface area contributed by atoms with Gasteiger partial charge in [0.2, 0.25) is 9.84 Å². The Morgan fingerprint density at radius 1 is 1.10 bits per heavy atom. The van der Waals surface area contributed by atoms with E-state index < -0.39 is 15.7 Å². The Kier molecular flexibility index (Phi) is 3.85. The number of aromatic hydroxyl groups is 1. The molecule has 0 amide bonds. The molecule has 0 fully saturated rings. The van der Waals surface area contributed by atoms with Gasteiger partial charge in [-0.15, -0.1) is 0 Å². The minimum absolute atomic E-state index is 0.0989. The number of benzene rings is 2. The molecule has 0 aliphatic heterocycles. The summed E-state index contributed by atoms with van der Waals surface area (Å²) in [5.41, 5.74) is 0.206. The molecule has 0 unspecified atom stereocenters. The number of phenolic OH excluding ortho intramolecular Hbond substituents is 1.